The molecule has 1 saturated carbocycles. The van der Waals surface area contributed by atoms with Crippen molar-refractivity contribution in [1.82, 2.24) is 5.32 Å². The smallest absolute Gasteiger partial charge is 0.313 e. The van der Waals surface area contributed by atoms with Gasteiger partial charge in [0.2, 0.25) is 0 Å². The molecule has 1 heterocycles. The van der Waals surface area contributed by atoms with Gasteiger partial charge in [0.05, 0.1) is 12.8 Å². The molecule has 0 radical (unpaired) electrons. The molecule has 0 spiro atoms. The molecule has 24 heavy (non-hydrogen) atoms. The van der Waals surface area contributed by atoms with E-state index in [1.165, 1.54) is 24.5 Å². The van der Waals surface area contributed by atoms with Crippen LogP contribution in [0, 0.1) is 11.7 Å². The number of benzene rings is 1. The van der Waals surface area contributed by atoms with Crippen LogP contribution < -0.4 is 10.6 Å². The summed E-state index contributed by atoms with van der Waals surface area (Å²) in [4.78, 5) is 23.8. The van der Waals surface area contributed by atoms with E-state index < -0.39 is 23.2 Å². The van der Waals surface area contributed by atoms with Gasteiger partial charge in [-0.2, -0.15) is 0 Å². The highest BCUT2D eigenvalue weighted by atomic mass is 19.1. The summed E-state index contributed by atoms with van der Waals surface area (Å²) >= 11 is 0. The van der Waals surface area contributed by atoms with Gasteiger partial charge >= 0.3 is 11.8 Å². The lowest BCUT2D eigenvalue weighted by Crippen LogP contribution is -2.45. The van der Waals surface area contributed by atoms with Gasteiger partial charge in [-0.05, 0) is 49.1 Å². The Kier molecular flexibility index (Phi) is 4.35. The van der Waals surface area contributed by atoms with Gasteiger partial charge in [0, 0.05) is 5.69 Å². The maximum atomic E-state index is 13.1. The molecule has 6 nitrogen and oxygen atoms in total. The Bertz CT molecular complexity index is 743. The molecule has 1 atom stereocenters. The fraction of sp³-hybridized carbons (Fsp3) is 0.294. The molecule has 1 aliphatic carbocycles. The fourth-order valence-electron chi connectivity index (χ4n) is 2.57. The molecule has 2 amide bonds. The molecule has 7 heteroatoms. The Hall–Kier alpha value is -2.67. The summed E-state index contributed by atoms with van der Waals surface area (Å²) < 4.78 is 18.3. The van der Waals surface area contributed by atoms with Crippen LogP contribution in [0.2, 0.25) is 0 Å². The number of aliphatic hydroxyl groups is 1. The van der Waals surface area contributed by atoms with E-state index in [9.17, 15) is 19.1 Å². The molecule has 3 rings (SSSR count). The normalized spacial score (nSPS) is 16.2. The van der Waals surface area contributed by atoms with Gasteiger partial charge in [-0.1, -0.05) is 6.07 Å². The second kappa shape index (κ2) is 6.45. The lowest BCUT2D eigenvalue weighted by atomic mass is 9.94. The number of nitrogens with one attached hydrogen (secondary N) is 2. The quantitative estimate of drug-likeness (QED) is 0.728. The molecule has 0 saturated heterocycles. The van der Waals surface area contributed by atoms with Crippen molar-refractivity contribution < 1.29 is 23.5 Å². The Morgan fingerprint density at radius 1 is 1.25 bits per heavy atom. The Morgan fingerprint density at radius 2 is 2.04 bits per heavy atom. The maximum Gasteiger partial charge on any atom is 0.313 e. The zero-order valence-electron chi connectivity index (χ0n) is 12.8. The summed E-state index contributed by atoms with van der Waals surface area (Å²) in [5, 5.41) is 15.5. The molecule has 1 fully saturated rings. The molecule has 1 aliphatic rings. The van der Waals surface area contributed by atoms with Gasteiger partial charge in [0.25, 0.3) is 0 Å². The van der Waals surface area contributed by atoms with Gasteiger partial charge in [0.1, 0.15) is 17.2 Å². The zero-order valence-corrected chi connectivity index (χ0v) is 12.8. The second-order valence-corrected chi connectivity index (χ2v) is 5.82. The molecule has 126 valence electrons. The lowest BCUT2D eigenvalue weighted by Gasteiger charge is -2.26. The van der Waals surface area contributed by atoms with Crippen LogP contribution in [-0.2, 0) is 15.2 Å². The van der Waals surface area contributed by atoms with E-state index in [1.807, 2.05) is 0 Å². The van der Waals surface area contributed by atoms with E-state index in [0.29, 0.717) is 5.76 Å². The van der Waals surface area contributed by atoms with Crippen LogP contribution >= 0.6 is 0 Å². The van der Waals surface area contributed by atoms with Crippen molar-refractivity contribution in [3.8, 4) is 0 Å². The molecule has 3 N–H and O–H groups in total. The van der Waals surface area contributed by atoms with E-state index in [0.717, 1.165) is 18.9 Å². The van der Waals surface area contributed by atoms with Crippen LogP contribution in [0.5, 0.6) is 0 Å². The molecule has 1 unspecified atom stereocenters. The standard InChI is InChI=1S/C17H17FN2O4/c18-12-3-1-4-13(9-12)20-16(22)15(21)19-10-17(23,11-6-7-11)14-5-2-8-24-14/h1-5,8-9,11,23H,6-7,10H2,(H,19,21)(H,20,22). The summed E-state index contributed by atoms with van der Waals surface area (Å²) in [6.45, 7) is -0.138. The SMILES string of the molecule is O=C(NCC(O)(c1ccco1)C1CC1)C(=O)Nc1cccc(F)c1. The number of hydrogen-bond donors (Lipinski definition) is 3. The molecule has 0 aliphatic heterocycles. The van der Waals surface area contributed by atoms with Crippen LogP contribution in [0.15, 0.2) is 47.1 Å². The van der Waals surface area contributed by atoms with Crippen LogP contribution in [0.25, 0.3) is 0 Å². The van der Waals surface area contributed by atoms with Crippen LogP contribution in [0.1, 0.15) is 18.6 Å². The number of hydrogen-bond acceptors (Lipinski definition) is 4. The summed E-state index contributed by atoms with van der Waals surface area (Å²) in [6, 6.07) is 8.52. The maximum absolute atomic E-state index is 13.1. The van der Waals surface area contributed by atoms with E-state index in [4.69, 9.17) is 4.42 Å². The van der Waals surface area contributed by atoms with Crippen LogP contribution in [-0.4, -0.2) is 23.5 Å². The van der Waals surface area contributed by atoms with Crippen molar-refractivity contribution in [1.29, 1.82) is 0 Å². The van der Waals surface area contributed by atoms with Gasteiger partial charge in [-0.25, -0.2) is 4.39 Å². The number of furan rings is 1. The third-order valence-electron chi connectivity index (χ3n) is 4.01. The van der Waals surface area contributed by atoms with Crippen LogP contribution in [0.4, 0.5) is 10.1 Å². The summed E-state index contributed by atoms with van der Waals surface area (Å²) in [7, 11) is 0. The number of amides is 2. The average Bonchev–Trinajstić information content (AvgIpc) is 3.27. The number of anilines is 1. The predicted octanol–water partition coefficient (Wildman–Crippen LogP) is 1.77. The zero-order chi connectivity index (χ0) is 17.2. The third kappa shape index (κ3) is 3.46. The van der Waals surface area contributed by atoms with E-state index in [-0.39, 0.29) is 18.2 Å². The summed E-state index contributed by atoms with van der Waals surface area (Å²) in [5.74, 6) is -2.02. The Morgan fingerprint density at radius 3 is 2.67 bits per heavy atom. The minimum atomic E-state index is -1.34. The topological polar surface area (TPSA) is 91.6 Å². The first-order valence-electron chi connectivity index (χ1n) is 7.60. The highest BCUT2D eigenvalue weighted by molar-refractivity contribution is 6.39. The van der Waals surface area contributed by atoms with Crippen molar-refractivity contribution >= 4 is 17.5 Å². The highest BCUT2D eigenvalue weighted by Gasteiger charge is 2.47. The molecular weight excluding hydrogens is 315 g/mol. The largest absolute Gasteiger partial charge is 0.466 e. The Balaban J connectivity index is 1.61. The predicted molar refractivity (Wildman–Crippen MR) is 83.4 cm³/mol. The van der Waals surface area contributed by atoms with E-state index >= 15 is 0 Å². The molecule has 1 aromatic carbocycles. The van der Waals surface area contributed by atoms with Crippen molar-refractivity contribution in [3.05, 3.63) is 54.2 Å². The van der Waals surface area contributed by atoms with Gasteiger partial charge in [-0.15, -0.1) is 0 Å². The first-order valence-corrected chi connectivity index (χ1v) is 7.60. The van der Waals surface area contributed by atoms with Crippen LogP contribution in [0.3, 0.4) is 0 Å². The number of carbonyl (C=O) groups is 2. The summed E-state index contributed by atoms with van der Waals surface area (Å²) in [6.07, 6.45) is 3.09. The minimum Gasteiger partial charge on any atom is -0.466 e. The number of rotatable bonds is 5. The average molecular weight is 332 g/mol. The van der Waals surface area contributed by atoms with Gasteiger partial charge in [-0.3, -0.25) is 9.59 Å². The summed E-state index contributed by atoms with van der Waals surface area (Å²) in [5.41, 5.74) is -1.16. The fourth-order valence-corrected chi connectivity index (χ4v) is 2.57. The molecule has 2 aromatic rings. The van der Waals surface area contributed by atoms with Gasteiger partial charge in [0.15, 0.2) is 0 Å². The van der Waals surface area contributed by atoms with Crippen molar-refractivity contribution in [3.63, 3.8) is 0 Å². The van der Waals surface area contributed by atoms with E-state index in [2.05, 4.69) is 10.6 Å². The lowest BCUT2D eigenvalue weighted by molar-refractivity contribution is -0.137. The monoisotopic (exact) mass is 332 g/mol. The third-order valence-corrected chi connectivity index (χ3v) is 4.01. The van der Waals surface area contributed by atoms with Crippen molar-refractivity contribution in [2.75, 3.05) is 11.9 Å². The minimum absolute atomic E-state index is 0.0183. The highest BCUT2D eigenvalue weighted by Crippen LogP contribution is 2.45. The molecule has 0 bridgehead atoms. The first-order chi connectivity index (χ1) is 11.5. The number of halogens is 1. The van der Waals surface area contributed by atoms with E-state index in [1.54, 1.807) is 12.1 Å². The second-order valence-electron chi connectivity index (χ2n) is 5.82. The van der Waals surface area contributed by atoms with Gasteiger partial charge < -0.3 is 20.2 Å². The first kappa shape index (κ1) is 16.2. The molecular formula is C17H17FN2O4. The van der Waals surface area contributed by atoms with Crippen molar-refractivity contribution in [2.24, 2.45) is 5.92 Å². The molecule has 1 aromatic heterocycles. The van der Waals surface area contributed by atoms with Crippen molar-refractivity contribution in [2.45, 2.75) is 18.4 Å². The Labute approximate surface area is 137 Å². The number of carbonyl (C=O) groups excluding carboxylic acids is 2.